The van der Waals surface area contributed by atoms with Gasteiger partial charge in [0, 0.05) is 22.2 Å². The smallest absolute Gasteiger partial charge is 0.247 e. The van der Waals surface area contributed by atoms with Crippen molar-refractivity contribution in [1.82, 2.24) is 0 Å². The average molecular weight is 276 g/mol. The number of nitrogens with zero attached hydrogens (tertiary/aromatic N) is 1. The molecule has 0 radical (unpaired) electrons. The summed E-state index contributed by atoms with van der Waals surface area (Å²) in [6.45, 7) is 5.56. The highest BCUT2D eigenvalue weighted by atomic mass is 79.9. The molecule has 2 bridgehead atoms. The third-order valence-corrected chi connectivity index (χ3v) is 6.16. The van der Waals surface area contributed by atoms with Crippen LogP contribution in [0.25, 0.3) is 0 Å². The van der Waals surface area contributed by atoms with Crippen molar-refractivity contribution in [1.29, 1.82) is 0 Å². The standard InChI is InChI=1S/C10H14BrNO3/c1-8(2)9(3)4-5-10(8,12(14)15)6(11)7(9)13/h6H,4-5H2,1-3H3. The number of carbonyl (C=O) groups excluding carboxylic acids is 1. The van der Waals surface area contributed by atoms with E-state index in [9.17, 15) is 14.9 Å². The lowest BCUT2D eigenvalue weighted by Crippen LogP contribution is -2.51. The minimum atomic E-state index is -1.11. The number of fused-ring (bicyclic) bond motifs is 2. The molecule has 5 heteroatoms. The topological polar surface area (TPSA) is 60.2 Å². The van der Waals surface area contributed by atoms with Crippen LogP contribution in [-0.4, -0.2) is 21.1 Å². The summed E-state index contributed by atoms with van der Waals surface area (Å²) in [4.78, 5) is 22.5. The number of halogens is 1. The highest BCUT2D eigenvalue weighted by Gasteiger charge is 2.81. The van der Waals surface area contributed by atoms with E-state index < -0.39 is 21.2 Å². The first kappa shape index (κ1) is 11.0. The third-order valence-electron chi connectivity index (χ3n) is 4.99. The van der Waals surface area contributed by atoms with E-state index in [0.29, 0.717) is 12.8 Å². The number of hydrogen-bond donors (Lipinski definition) is 0. The summed E-state index contributed by atoms with van der Waals surface area (Å²) in [6, 6.07) is 0. The summed E-state index contributed by atoms with van der Waals surface area (Å²) in [5, 5.41) is 11.3. The van der Waals surface area contributed by atoms with Crippen LogP contribution in [0, 0.1) is 20.9 Å². The van der Waals surface area contributed by atoms with Crippen LogP contribution in [0.15, 0.2) is 0 Å². The van der Waals surface area contributed by atoms with Crippen molar-refractivity contribution in [2.45, 2.75) is 44.0 Å². The summed E-state index contributed by atoms with van der Waals surface area (Å²) < 4.78 is 0. The molecular formula is C10H14BrNO3. The molecule has 4 nitrogen and oxygen atoms in total. The van der Waals surface area contributed by atoms with E-state index in [4.69, 9.17) is 0 Å². The van der Waals surface area contributed by atoms with Gasteiger partial charge in [0.25, 0.3) is 0 Å². The van der Waals surface area contributed by atoms with Gasteiger partial charge in [-0.2, -0.15) is 0 Å². The Kier molecular flexibility index (Phi) is 1.93. The molecule has 0 amide bonds. The summed E-state index contributed by atoms with van der Waals surface area (Å²) in [7, 11) is 0. The van der Waals surface area contributed by atoms with Crippen LogP contribution >= 0.6 is 15.9 Å². The molecule has 0 aliphatic heterocycles. The van der Waals surface area contributed by atoms with Crippen LogP contribution in [0.5, 0.6) is 0 Å². The van der Waals surface area contributed by atoms with Gasteiger partial charge in [0.05, 0.1) is 0 Å². The first-order chi connectivity index (χ1) is 6.72. The molecular weight excluding hydrogens is 262 g/mol. The second-order valence-electron chi connectivity index (χ2n) is 5.37. The van der Waals surface area contributed by atoms with Crippen LogP contribution in [0.2, 0.25) is 0 Å². The van der Waals surface area contributed by atoms with Gasteiger partial charge in [-0.15, -0.1) is 0 Å². The molecule has 0 N–H and O–H groups in total. The normalized spacial score (nSPS) is 47.2. The van der Waals surface area contributed by atoms with Crippen molar-refractivity contribution in [3.63, 3.8) is 0 Å². The monoisotopic (exact) mass is 275 g/mol. The number of nitro groups is 1. The number of alkyl halides is 1. The second kappa shape index (κ2) is 2.62. The molecule has 0 aromatic rings. The van der Waals surface area contributed by atoms with Crippen LogP contribution in [0.3, 0.4) is 0 Å². The van der Waals surface area contributed by atoms with Gasteiger partial charge in [-0.3, -0.25) is 14.9 Å². The molecule has 2 aliphatic rings. The molecule has 0 aromatic heterocycles. The molecule has 2 rings (SSSR count). The number of ketones is 1. The summed E-state index contributed by atoms with van der Waals surface area (Å²) in [5.74, 6) is -0.00421. The Morgan fingerprint density at radius 3 is 2.20 bits per heavy atom. The zero-order chi connectivity index (χ0) is 11.6. The van der Waals surface area contributed by atoms with Crippen LogP contribution < -0.4 is 0 Å². The maximum absolute atomic E-state index is 12.1. The second-order valence-corrected chi connectivity index (χ2v) is 6.28. The van der Waals surface area contributed by atoms with Gasteiger partial charge in [0.15, 0.2) is 5.78 Å². The van der Waals surface area contributed by atoms with Crippen molar-refractivity contribution in [3.05, 3.63) is 10.1 Å². The Morgan fingerprint density at radius 2 is 1.93 bits per heavy atom. The Bertz CT molecular complexity index is 368. The molecule has 2 saturated carbocycles. The van der Waals surface area contributed by atoms with Crippen molar-refractivity contribution in [2.75, 3.05) is 0 Å². The lowest BCUT2D eigenvalue weighted by atomic mass is 9.69. The largest absolute Gasteiger partial charge is 0.297 e. The molecule has 84 valence electrons. The van der Waals surface area contributed by atoms with Gasteiger partial charge in [0.2, 0.25) is 5.54 Å². The van der Waals surface area contributed by atoms with E-state index in [-0.39, 0.29) is 10.7 Å². The van der Waals surface area contributed by atoms with E-state index in [0.717, 1.165) is 0 Å². The highest BCUT2D eigenvalue weighted by Crippen LogP contribution is 2.68. The first-order valence-electron chi connectivity index (χ1n) is 5.05. The van der Waals surface area contributed by atoms with E-state index >= 15 is 0 Å². The Hall–Kier alpha value is -0.450. The average Bonchev–Trinajstić information content (AvgIpc) is 2.39. The molecule has 0 spiro atoms. The Morgan fingerprint density at radius 1 is 1.40 bits per heavy atom. The molecule has 15 heavy (non-hydrogen) atoms. The molecule has 2 aliphatic carbocycles. The Balaban J connectivity index is 2.68. The maximum atomic E-state index is 12.1. The zero-order valence-electron chi connectivity index (χ0n) is 9.04. The lowest BCUT2D eigenvalue weighted by molar-refractivity contribution is -0.581. The van der Waals surface area contributed by atoms with Gasteiger partial charge < -0.3 is 0 Å². The van der Waals surface area contributed by atoms with Crippen molar-refractivity contribution in [3.8, 4) is 0 Å². The predicted octanol–water partition coefficient (Wildman–Crippen LogP) is 2.17. The van der Waals surface area contributed by atoms with E-state index in [2.05, 4.69) is 15.9 Å². The lowest BCUT2D eigenvalue weighted by Gasteiger charge is -2.33. The van der Waals surface area contributed by atoms with Gasteiger partial charge in [0.1, 0.15) is 4.83 Å². The fraction of sp³-hybridized carbons (Fsp3) is 0.900. The van der Waals surface area contributed by atoms with Crippen molar-refractivity contribution < 1.29 is 9.72 Å². The molecule has 0 saturated heterocycles. The maximum Gasteiger partial charge on any atom is 0.247 e. The zero-order valence-corrected chi connectivity index (χ0v) is 10.6. The van der Waals surface area contributed by atoms with Crippen molar-refractivity contribution in [2.24, 2.45) is 10.8 Å². The van der Waals surface area contributed by atoms with E-state index in [1.807, 2.05) is 20.8 Å². The quantitative estimate of drug-likeness (QED) is 0.419. The van der Waals surface area contributed by atoms with E-state index in [1.165, 1.54) is 0 Å². The minimum absolute atomic E-state index is 0.00421. The molecule has 0 aromatic carbocycles. The minimum Gasteiger partial charge on any atom is -0.297 e. The number of hydrogen-bond acceptors (Lipinski definition) is 3. The predicted molar refractivity (Wildman–Crippen MR) is 58.6 cm³/mol. The third kappa shape index (κ3) is 0.834. The van der Waals surface area contributed by atoms with Crippen LogP contribution in [0.1, 0.15) is 33.6 Å². The van der Waals surface area contributed by atoms with E-state index in [1.54, 1.807) is 0 Å². The van der Waals surface area contributed by atoms with Gasteiger partial charge in [-0.1, -0.05) is 36.7 Å². The number of Topliss-reactive ketones (excluding diaryl/α,β-unsaturated/α-hetero) is 1. The highest BCUT2D eigenvalue weighted by molar-refractivity contribution is 9.10. The molecule has 0 heterocycles. The van der Waals surface area contributed by atoms with Gasteiger partial charge in [-0.05, 0) is 6.42 Å². The summed E-state index contributed by atoms with van der Waals surface area (Å²) in [6.07, 6.45) is 1.12. The molecule has 3 atom stereocenters. The Labute approximate surface area is 96.7 Å². The number of carbonyl (C=O) groups is 1. The summed E-state index contributed by atoms with van der Waals surface area (Å²) in [5.41, 5.74) is -2.23. The summed E-state index contributed by atoms with van der Waals surface area (Å²) >= 11 is 3.24. The molecule has 2 fully saturated rings. The van der Waals surface area contributed by atoms with Gasteiger partial charge in [-0.25, -0.2) is 0 Å². The number of rotatable bonds is 1. The fourth-order valence-electron chi connectivity index (χ4n) is 3.33. The molecule has 3 unspecified atom stereocenters. The van der Waals surface area contributed by atoms with Crippen LogP contribution in [0.4, 0.5) is 0 Å². The van der Waals surface area contributed by atoms with Crippen LogP contribution in [-0.2, 0) is 4.79 Å². The first-order valence-corrected chi connectivity index (χ1v) is 5.96. The fourth-order valence-corrected chi connectivity index (χ4v) is 4.80. The SMILES string of the molecule is CC12CCC([N+](=O)[O-])(C(Br)C1=O)C2(C)C. The van der Waals surface area contributed by atoms with Crippen molar-refractivity contribution >= 4 is 21.7 Å². The van der Waals surface area contributed by atoms with Gasteiger partial charge >= 0.3 is 0 Å².